The van der Waals surface area contributed by atoms with Crippen molar-refractivity contribution in [2.75, 3.05) is 138 Å². The number of rotatable bonds is 34. The molecular formula is C27H44F4O13S2. The molecule has 0 amide bonds. The molecule has 0 atom stereocenters. The second-order valence-electron chi connectivity index (χ2n) is 8.49. The van der Waals surface area contributed by atoms with Crippen molar-refractivity contribution < 1.29 is 79.6 Å². The maximum atomic E-state index is 14.1. The fourth-order valence-electron chi connectivity index (χ4n) is 3.05. The van der Waals surface area contributed by atoms with Crippen molar-refractivity contribution in [3.8, 4) is 0 Å². The Morgan fingerprint density at radius 1 is 0.435 bits per heavy atom. The van der Waals surface area contributed by atoms with E-state index in [4.69, 9.17) is 52.6 Å². The van der Waals surface area contributed by atoms with Crippen LogP contribution in [0.5, 0.6) is 0 Å². The van der Waals surface area contributed by atoms with Gasteiger partial charge in [-0.2, -0.15) is 0 Å². The first-order valence-corrected chi connectivity index (χ1v) is 16.1. The molecule has 0 aliphatic carbocycles. The number of ether oxygens (including phenoxy) is 10. The molecule has 0 heterocycles. The molecule has 0 radical (unpaired) electrons. The van der Waals surface area contributed by atoms with Crippen LogP contribution in [0.2, 0.25) is 0 Å². The molecule has 0 fully saturated rings. The zero-order valence-electron chi connectivity index (χ0n) is 25.8. The predicted octanol–water partition coefficient (Wildman–Crippen LogP) is 3.56. The molecule has 1 N–H and O–H groups in total. The summed E-state index contributed by atoms with van der Waals surface area (Å²) in [6.45, 7) is 7.90. The smallest absolute Gasteiger partial charge is 0.179 e. The van der Waals surface area contributed by atoms with Crippen molar-refractivity contribution in [2.45, 2.75) is 9.79 Å². The van der Waals surface area contributed by atoms with Gasteiger partial charge in [0.2, 0.25) is 0 Å². The molecule has 19 heteroatoms. The van der Waals surface area contributed by atoms with Crippen LogP contribution >= 0.6 is 23.8 Å². The first-order valence-electron chi connectivity index (χ1n) is 14.4. The standard InChI is InChI=1S/C27H44F4O13S2/c1-33-2-3-34-4-5-35-6-7-36-8-9-37-10-11-38-12-13-39-14-15-40-16-17-41-18-19-42-20-21-45-26-22(28)24(30)27(46-44-43-32)25(31)23(26)29/h32H,2-21H2,1H3. The monoisotopic (exact) mass is 716 g/mol. The van der Waals surface area contributed by atoms with Gasteiger partial charge in [0.05, 0.1) is 142 Å². The molecule has 13 nitrogen and oxygen atoms in total. The van der Waals surface area contributed by atoms with E-state index in [2.05, 4.69) is 9.37 Å². The third-order valence-electron chi connectivity index (χ3n) is 5.21. The lowest BCUT2D eigenvalue weighted by molar-refractivity contribution is -0.432. The van der Waals surface area contributed by atoms with Gasteiger partial charge in [0.25, 0.3) is 0 Å². The van der Waals surface area contributed by atoms with Crippen LogP contribution in [0.25, 0.3) is 0 Å². The van der Waals surface area contributed by atoms with Gasteiger partial charge in [-0.15, -0.1) is 16.1 Å². The molecule has 1 aromatic rings. The second-order valence-corrected chi connectivity index (χ2v) is 10.3. The Morgan fingerprint density at radius 2 is 0.717 bits per heavy atom. The van der Waals surface area contributed by atoms with Crippen molar-refractivity contribution >= 4 is 23.8 Å². The van der Waals surface area contributed by atoms with Crippen molar-refractivity contribution in [3.05, 3.63) is 23.3 Å². The van der Waals surface area contributed by atoms with Gasteiger partial charge in [-0.1, -0.05) is 5.04 Å². The van der Waals surface area contributed by atoms with Gasteiger partial charge in [0, 0.05) is 12.9 Å². The minimum Gasteiger partial charge on any atom is -0.382 e. The van der Waals surface area contributed by atoms with Crippen LogP contribution in [-0.4, -0.2) is 144 Å². The molecule has 0 aromatic heterocycles. The fourth-order valence-corrected chi connectivity index (χ4v) is 4.31. The van der Waals surface area contributed by atoms with Crippen LogP contribution < -0.4 is 0 Å². The Bertz CT molecular complexity index is 839. The number of methoxy groups -OCH3 is 1. The summed E-state index contributed by atoms with van der Waals surface area (Å²) in [4.78, 5) is -1.97. The number of hydrogen-bond donors (Lipinski definition) is 1. The summed E-state index contributed by atoms with van der Waals surface area (Å²) in [5.41, 5.74) is 0. The maximum absolute atomic E-state index is 14.1. The summed E-state index contributed by atoms with van der Waals surface area (Å²) >= 11 is 0.330. The van der Waals surface area contributed by atoms with Crippen LogP contribution in [0.3, 0.4) is 0 Å². The fraction of sp³-hybridized carbons (Fsp3) is 0.778. The van der Waals surface area contributed by atoms with E-state index in [1.807, 2.05) is 0 Å². The third-order valence-corrected chi connectivity index (χ3v) is 6.88. The highest BCUT2D eigenvalue weighted by Crippen LogP contribution is 2.36. The first kappa shape index (κ1) is 43.1. The first-order chi connectivity index (χ1) is 22.5. The normalized spacial score (nSPS) is 11.6. The Labute approximate surface area is 274 Å². The lowest BCUT2D eigenvalue weighted by Gasteiger charge is -2.10. The molecular weight excluding hydrogens is 672 g/mol. The van der Waals surface area contributed by atoms with Gasteiger partial charge < -0.3 is 47.4 Å². The van der Waals surface area contributed by atoms with Gasteiger partial charge in [-0.3, -0.25) is 0 Å². The average molecular weight is 717 g/mol. The predicted molar refractivity (Wildman–Crippen MR) is 157 cm³/mol. The average Bonchev–Trinajstić information content (AvgIpc) is 3.06. The molecule has 1 aromatic carbocycles. The quantitative estimate of drug-likeness (QED) is 0.0212. The van der Waals surface area contributed by atoms with E-state index in [0.29, 0.717) is 117 Å². The molecule has 270 valence electrons. The number of thioether (sulfide) groups is 1. The van der Waals surface area contributed by atoms with E-state index >= 15 is 0 Å². The van der Waals surface area contributed by atoms with Crippen LogP contribution in [0, 0.1) is 23.3 Å². The van der Waals surface area contributed by atoms with Gasteiger partial charge in [0.15, 0.2) is 23.3 Å². The molecule has 0 saturated carbocycles. The lowest BCUT2D eigenvalue weighted by atomic mass is 10.3. The molecule has 0 aliphatic rings. The summed E-state index contributed by atoms with van der Waals surface area (Å²) in [5.74, 6) is -6.51. The Balaban J connectivity index is 1.81. The Hall–Kier alpha value is -0.880. The van der Waals surface area contributed by atoms with E-state index in [0.717, 1.165) is 0 Å². The summed E-state index contributed by atoms with van der Waals surface area (Å²) < 4.78 is 113. The van der Waals surface area contributed by atoms with Crippen LogP contribution in [0.4, 0.5) is 17.6 Å². The minimum absolute atomic E-state index is 0.0256. The topological polar surface area (TPSA) is 131 Å². The summed E-state index contributed by atoms with van der Waals surface area (Å²) in [5, 5.41) is 11.2. The summed E-state index contributed by atoms with van der Waals surface area (Å²) in [7, 11) is 1.63. The van der Waals surface area contributed by atoms with Gasteiger partial charge >= 0.3 is 0 Å². The Kier molecular flexibility index (Phi) is 29.4. The van der Waals surface area contributed by atoms with E-state index in [-0.39, 0.29) is 37.6 Å². The third kappa shape index (κ3) is 21.9. The molecule has 46 heavy (non-hydrogen) atoms. The molecule has 0 unspecified atom stereocenters. The van der Waals surface area contributed by atoms with Crippen molar-refractivity contribution in [2.24, 2.45) is 0 Å². The second kappa shape index (κ2) is 31.4. The minimum atomic E-state index is -1.67. The highest BCUT2D eigenvalue weighted by atomic mass is 32.2. The van der Waals surface area contributed by atoms with E-state index in [9.17, 15) is 17.6 Å². The highest BCUT2D eigenvalue weighted by molar-refractivity contribution is 7.99. The molecule has 0 saturated heterocycles. The van der Waals surface area contributed by atoms with Gasteiger partial charge in [0.1, 0.15) is 4.90 Å². The van der Waals surface area contributed by atoms with E-state index in [1.54, 1.807) is 7.11 Å². The molecule has 0 aliphatic heterocycles. The zero-order valence-corrected chi connectivity index (χ0v) is 27.4. The molecule has 1 rings (SSSR count). The van der Waals surface area contributed by atoms with Crippen molar-refractivity contribution in [1.82, 2.24) is 0 Å². The summed E-state index contributed by atoms with van der Waals surface area (Å²) in [6.07, 6.45) is 0. The number of hydrogen-bond acceptors (Lipinski definition) is 15. The SMILES string of the molecule is COCCOCCOCCOCCOCCOCCOCCOCCOCCOCCSc1c(F)c(F)c(SOOO)c(F)c1F. The van der Waals surface area contributed by atoms with E-state index < -0.39 is 33.1 Å². The van der Waals surface area contributed by atoms with Crippen LogP contribution in [0.15, 0.2) is 9.79 Å². The largest absolute Gasteiger partial charge is 0.382 e. The van der Waals surface area contributed by atoms with Crippen molar-refractivity contribution in [1.29, 1.82) is 0 Å². The van der Waals surface area contributed by atoms with Crippen LogP contribution in [0.1, 0.15) is 0 Å². The van der Waals surface area contributed by atoms with Crippen molar-refractivity contribution in [3.63, 3.8) is 0 Å². The maximum Gasteiger partial charge on any atom is 0.179 e. The number of halogens is 4. The van der Waals surface area contributed by atoms with Crippen LogP contribution in [-0.2, 0) is 56.7 Å². The lowest BCUT2D eigenvalue weighted by Crippen LogP contribution is -2.15. The Morgan fingerprint density at radius 3 is 1.02 bits per heavy atom. The summed E-state index contributed by atoms with van der Waals surface area (Å²) in [6, 6.07) is 0. The number of benzene rings is 1. The zero-order chi connectivity index (χ0) is 33.5. The van der Waals surface area contributed by atoms with Gasteiger partial charge in [-0.25, -0.2) is 22.8 Å². The highest BCUT2D eigenvalue weighted by Gasteiger charge is 2.27. The molecule has 0 bridgehead atoms. The van der Waals surface area contributed by atoms with Gasteiger partial charge in [-0.05, 0) is 0 Å². The molecule has 0 spiro atoms. The van der Waals surface area contributed by atoms with E-state index in [1.165, 1.54) is 0 Å².